The Morgan fingerprint density at radius 1 is 1.38 bits per heavy atom. The number of benzene rings is 1. The number of thiophene rings is 1. The molecular formula is C14H16FNO3S2. The van der Waals surface area contributed by atoms with Gasteiger partial charge in [0, 0.05) is 19.2 Å². The number of aryl methyl sites for hydroxylation is 1. The summed E-state index contributed by atoms with van der Waals surface area (Å²) in [6, 6.07) is 4.32. The van der Waals surface area contributed by atoms with E-state index < -0.39 is 22.4 Å². The summed E-state index contributed by atoms with van der Waals surface area (Å²) in [5, 5.41) is 12.9. The van der Waals surface area contributed by atoms with Gasteiger partial charge < -0.3 is 5.11 Å². The van der Waals surface area contributed by atoms with Gasteiger partial charge in [-0.1, -0.05) is 0 Å². The molecule has 0 bridgehead atoms. The van der Waals surface area contributed by atoms with Crippen molar-refractivity contribution in [3.63, 3.8) is 0 Å². The van der Waals surface area contributed by atoms with E-state index in [-0.39, 0.29) is 22.6 Å². The second kappa shape index (κ2) is 6.23. The second-order valence-corrected chi connectivity index (χ2v) is 7.59. The van der Waals surface area contributed by atoms with Crippen molar-refractivity contribution >= 4 is 21.4 Å². The fraction of sp³-hybridized carbons (Fsp3) is 0.286. The van der Waals surface area contributed by atoms with Gasteiger partial charge in [-0.15, -0.1) is 0 Å². The van der Waals surface area contributed by atoms with Crippen LogP contribution in [0.25, 0.3) is 0 Å². The summed E-state index contributed by atoms with van der Waals surface area (Å²) in [6.45, 7) is 1.19. The van der Waals surface area contributed by atoms with Crippen molar-refractivity contribution in [3.05, 3.63) is 51.5 Å². The van der Waals surface area contributed by atoms with Crippen LogP contribution in [0.1, 0.15) is 16.7 Å². The Labute approximate surface area is 127 Å². The predicted octanol–water partition coefficient (Wildman–Crippen LogP) is 2.51. The number of hydrogen-bond donors (Lipinski definition) is 1. The van der Waals surface area contributed by atoms with Gasteiger partial charge in [0.15, 0.2) is 0 Å². The highest BCUT2D eigenvalue weighted by Crippen LogP contribution is 2.23. The zero-order valence-corrected chi connectivity index (χ0v) is 13.3. The largest absolute Gasteiger partial charge is 0.392 e. The van der Waals surface area contributed by atoms with Gasteiger partial charge in [-0.05, 0) is 47.0 Å². The molecule has 0 spiro atoms. The van der Waals surface area contributed by atoms with Gasteiger partial charge >= 0.3 is 0 Å². The molecule has 0 aliphatic heterocycles. The Kier molecular flexibility index (Phi) is 4.77. The van der Waals surface area contributed by atoms with Crippen molar-refractivity contribution in [2.24, 2.45) is 0 Å². The van der Waals surface area contributed by atoms with Crippen molar-refractivity contribution in [3.8, 4) is 0 Å². The molecule has 0 aliphatic rings. The molecule has 0 unspecified atom stereocenters. The molecule has 0 radical (unpaired) electrons. The van der Waals surface area contributed by atoms with Crippen LogP contribution in [0.15, 0.2) is 33.9 Å². The van der Waals surface area contributed by atoms with Crippen LogP contribution in [-0.2, 0) is 23.2 Å². The number of halogens is 1. The lowest BCUT2D eigenvalue weighted by Crippen LogP contribution is -2.26. The van der Waals surface area contributed by atoms with Crippen molar-refractivity contribution in [2.45, 2.75) is 25.0 Å². The number of rotatable bonds is 5. The van der Waals surface area contributed by atoms with Gasteiger partial charge in [0.2, 0.25) is 10.0 Å². The maximum absolute atomic E-state index is 13.7. The summed E-state index contributed by atoms with van der Waals surface area (Å²) in [5.74, 6) is -0.572. The van der Waals surface area contributed by atoms with Crippen LogP contribution >= 0.6 is 11.3 Å². The van der Waals surface area contributed by atoms with E-state index in [1.54, 1.807) is 0 Å². The summed E-state index contributed by atoms with van der Waals surface area (Å²) in [5.41, 5.74) is 1.08. The first-order valence-electron chi connectivity index (χ1n) is 6.23. The van der Waals surface area contributed by atoms with Crippen LogP contribution in [0.5, 0.6) is 0 Å². The molecule has 0 amide bonds. The molecule has 0 fully saturated rings. The first kappa shape index (κ1) is 16.1. The van der Waals surface area contributed by atoms with Gasteiger partial charge in [0.1, 0.15) is 5.82 Å². The molecule has 4 nitrogen and oxygen atoms in total. The number of aliphatic hydroxyl groups excluding tert-OH is 1. The Hall–Kier alpha value is -1.28. The molecule has 2 aromatic rings. The van der Waals surface area contributed by atoms with Crippen LogP contribution in [0, 0.1) is 12.7 Å². The smallest absolute Gasteiger partial charge is 0.243 e. The minimum absolute atomic E-state index is 0.0109. The lowest BCUT2D eigenvalue weighted by atomic mass is 10.1. The third-order valence-corrected chi connectivity index (χ3v) is 5.68. The molecule has 1 N–H and O–H groups in total. The molecule has 0 saturated heterocycles. The van der Waals surface area contributed by atoms with Gasteiger partial charge in [-0.3, -0.25) is 0 Å². The fourth-order valence-electron chi connectivity index (χ4n) is 1.98. The number of sulfonamides is 1. The standard InChI is InChI=1S/C14H16FNO3S2/c1-10-5-13(6-12(8-17)14(10)15)21(18,19)16(2)7-11-3-4-20-9-11/h3-6,9,17H,7-8H2,1-2H3. The molecule has 7 heteroatoms. The van der Waals surface area contributed by atoms with Crippen molar-refractivity contribution < 1.29 is 17.9 Å². The average Bonchev–Trinajstić information content (AvgIpc) is 2.94. The normalized spacial score (nSPS) is 12.0. The van der Waals surface area contributed by atoms with Gasteiger partial charge in [0.05, 0.1) is 11.5 Å². The first-order chi connectivity index (χ1) is 9.86. The van der Waals surface area contributed by atoms with Crippen LogP contribution < -0.4 is 0 Å². The van der Waals surface area contributed by atoms with E-state index in [1.807, 2.05) is 16.8 Å². The quantitative estimate of drug-likeness (QED) is 0.917. The fourth-order valence-corrected chi connectivity index (χ4v) is 3.93. The van der Waals surface area contributed by atoms with Gasteiger partial charge in [0.25, 0.3) is 0 Å². The SMILES string of the molecule is Cc1cc(S(=O)(=O)N(C)Cc2ccsc2)cc(CO)c1F. The van der Waals surface area contributed by atoms with E-state index in [9.17, 15) is 12.8 Å². The zero-order chi connectivity index (χ0) is 15.6. The predicted molar refractivity (Wildman–Crippen MR) is 80.0 cm³/mol. The summed E-state index contributed by atoms with van der Waals surface area (Å²) in [6.07, 6.45) is 0. The van der Waals surface area contributed by atoms with Crippen LogP contribution in [0.2, 0.25) is 0 Å². The first-order valence-corrected chi connectivity index (χ1v) is 8.62. The molecule has 114 valence electrons. The Bertz CT molecular complexity index is 727. The van der Waals surface area contributed by atoms with Gasteiger partial charge in [-0.25, -0.2) is 12.8 Å². The van der Waals surface area contributed by atoms with Crippen LogP contribution in [-0.4, -0.2) is 24.9 Å². The van der Waals surface area contributed by atoms with Crippen LogP contribution in [0.4, 0.5) is 4.39 Å². The van der Waals surface area contributed by atoms with Crippen LogP contribution in [0.3, 0.4) is 0 Å². The van der Waals surface area contributed by atoms with Crippen molar-refractivity contribution in [2.75, 3.05) is 7.05 Å². The van der Waals surface area contributed by atoms with E-state index in [0.29, 0.717) is 0 Å². The van der Waals surface area contributed by atoms with E-state index in [4.69, 9.17) is 5.11 Å². The van der Waals surface area contributed by atoms with E-state index in [2.05, 4.69) is 0 Å². The molecule has 0 atom stereocenters. The third-order valence-electron chi connectivity index (χ3n) is 3.17. The Morgan fingerprint density at radius 2 is 2.10 bits per heavy atom. The topological polar surface area (TPSA) is 57.6 Å². The molecule has 0 aliphatic carbocycles. The molecule has 1 aromatic carbocycles. The summed E-state index contributed by atoms with van der Waals surface area (Å²) < 4.78 is 40.0. The van der Waals surface area contributed by atoms with Gasteiger partial charge in [-0.2, -0.15) is 15.6 Å². The molecule has 1 heterocycles. The second-order valence-electron chi connectivity index (χ2n) is 4.76. The average molecular weight is 329 g/mol. The van der Waals surface area contributed by atoms with E-state index in [1.165, 1.54) is 41.7 Å². The molecule has 0 saturated carbocycles. The molecular weight excluding hydrogens is 313 g/mol. The monoisotopic (exact) mass is 329 g/mol. The summed E-state index contributed by atoms with van der Waals surface area (Å²) >= 11 is 1.49. The minimum Gasteiger partial charge on any atom is -0.392 e. The maximum atomic E-state index is 13.7. The Morgan fingerprint density at radius 3 is 2.67 bits per heavy atom. The highest BCUT2D eigenvalue weighted by atomic mass is 32.2. The van der Waals surface area contributed by atoms with E-state index in [0.717, 1.165) is 5.56 Å². The highest BCUT2D eigenvalue weighted by Gasteiger charge is 2.23. The number of aliphatic hydroxyl groups is 1. The minimum atomic E-state index is -3.73. The number of hydrogen-bond acceptors (Lipinski definition) is 4. The molecule has 2 rings (SSSR count). The highest BCUT2D eigenvalue weighted by molar-refractivity contribution is 7.89. The van der Waals surface area contributed by atoms with E-state index >= 15 is 0 Å². The lowest BCUT2D eigenvalue weighted by molar-refractivity contribution is 0.275. The lowest BCUT2D eigenvalue weighted by Gasteiger charge is -2.18. The Balaban J connectivity index is 2.37. The molecule has 21 heavy (non-hydrogen) atoms. The van der Waals surface area contributed by atoms with Crippen molar-refractivity contribution in [1.82, 2.24) is 4.31 Å². The summed E-state index contributed by atoms with van der Waals surface area (Å²) in [7, 11) is -2.25. The third kappa shape index (κ3) is 3.32. The number of nitrogens with zero attached hydrogens (tertiary/aromatic N) is 1. The van der Waals surface area contributed by atoms with Crippen molar-refractivity contribution in [1.29, 1.82) is 0 Å². The molecule has 1 aromatic heterocycles. The summed E-state index contributed by atoms with van der Waals surface area (Å²) in [4.78, 5) is -0.0109. The zero-order valence-electron chi connectivity index (χ0n) is 11.7. The maximum Gasteiger partial charge on any atom is 0.243 e.